The Morgan fingerprint density at radius 1 is 1.19 bits per heavy atom. The van der Waals surface area contributed by atoms with Gasteiger partial charge in [0.2, 0.25) is 0 Å². The van der Waals surface area contributed by atoms with Gasteiger partial charge in [-0.3, -0.25) is 0 Å². The van der Waals surface area contributed by atoms with Crippen molar-refractivity contribution in [3.05, 3.63) is 64.1 Å². The summed E-state index contributed by atoms with van der Waals surface area (Å²) in [5.41, 5.74) is 2.34. The van der Waals surface area contributed by atoms with Crippen molar-refractivity contribution in [1.82, 2.24) is 5.32 Å². The van der Waals surface area contributed by atoms with Crippen LogP contribution in [-0.4, -0.2) is 6.61 Å². The molecular formula is C18H18BrNO. The number of hydrogen-bond acceptors (Lipinski definition) is 2. The minimum absolute atomic E-state index is 0.237. The molecule has 0 saturated carbocycles. The van der Waals surface area contributed by atoms with E-state index in [9.17, 15) is 0 Å². The Labute approximate surface area is 134 Å². The minimum atomic E-state index is 0.237. The predicted molar refractivity (Wildman–Crippen MR) is 90.2 cm³/mol. The first-order valence-electron chi connectivity index (χ1n) is 6.84. The van der Waals surface area contributed by atoms with Crippen LogP contribution in [0.4, 0.5) is 0 Å². The number of ether oxygens (including phenoxy) is 1. The van der Waals surface area contributed by atoms with Crippen LogP contribution in [0.3, 0.4) is 0 Å². The number of halogens is 1. The van der Waals surface area contributed by atoms with Crippen LogP contribution >= 0.6 is 15.9 Å². The first-order valence-corrected chi connectivity index (χ1v) is 7.63. The summed E-state index contributed by atoms with van der Waals surface area (Å²) >= 11 is 3.58. The van der Waals surface area contributed by atoms with Crippen LogP contribution in [-0.2, 0) is 6.54 Å². The maximum atomic E-state index is 5.56. The summed E-state index contributed by atoms with van der Waals surface area (Å²) in [6, 6.07) is 16.4. The third-order valence-electron chi connectivity index (χ3n) is 3.25. The fourth-order valence-corrected chi connectivity index (χ4v) is 2.74. The van der Waals surface area contributed by atoms with Crippen LogP contribution in [0.1, 0.15) is 24.1 Å². The number of hydrogen-bond donors (Lipinski definition) is 1. The monoisotopic (exact) mass is 343 g/mol. The van der Waals surface area contributed by atoms with E-state index in [0.717, 1.165) is 22.3 Å². The van der Waals surface area contributed by atoms with E-state index >= 15 is 0 Å². The van der Waals surface area contributed by atoms with Gasteiger partial charge >= 0.3 is 0 Å². The maximum absolute atomic E-state index is 5.56. The van der Waals surface area contributed by atoms with Crippen molar-refractivity contribution in [3.63, 3.8) is 0 Å². The molecular weight excluding hydrogens is 326 g/mol. The summed E-state index contributed by atoms with van der Waals surface area (Å²) in [7, 11) is 0. The number of benzene rings is 2. The van der Waals surface area contributed by atoms with Gasteiger partial charge in [-0.05, 0) is 24.6 Å². The first-order chi connectivity index (χ1) is 10.2. The van der Waals surface area contributed by atoms with Crippen molar-refractivity contribution in [1.29, 1.82) is 0 Å². The lowest BCUT2D eigenvalue weighted by Gasteiger charge is -2.17. The number of terminal acetylenes is 1. The van der Waals surface area contributed by atoms with Crippen molar-refractivity contribution in [3.8, 4) is 18.1 Å². The highest BCUT2D eigenvalue weighted by atomic mass is 79.9. The molecule has 108 valence electrons. The average Bonchev–Trinajstić information content (AvgIpc) is 2.52. The van der Waals surface area contributed by atoms with Crippen LogP contribution in [0, 0.1) is 12.3 Å². The lowest BCUT2D eigenvalue weighted by atomic mass is 10.1. The van der Waals surface area contributed by atoms with E-state index in [1.807, 2.05) is 36.4 Å². The molecule has 2 aromatic rings. The van der Waals surface area contributed by atoms with Crippen molar-refractivity contribution in [2.75, 3.05) is 6.61 Å². The molecule has 0 radical (unpaired) electrons. The van der Waals surface area contributed by atoms with E-state index in [1.54, 1.807) is 0 Å². The predicted octanol–water partition coefficient (Wildman–Crippen LogP) is 4.31. The first kappa shape index (κ1) is 15.6. The fourth-order valence-electron chi connectivity index (χ4n) is 2.11. The van der Waals surface area contributed by atoms with Crippen molar-refractivity contribution in [2.45, 2.75) is 19.5 Å². The Balaban J connectivity index is 2.03. The Morgan fingerprint density at radius 2 is 1.90 bits per heavy atom. The van der Waals surface area contributed by atoms with Crippen molar-refractivity contribution >= 4 is 15.9 Å². The Bertz CT molecular complexity index is 633. The van der Waals surface area contributed by atoms with Crippen LogP contribution in [0.25, 0.3) is 0 Å². The summed E-state index contributed by atoms with van der Waals surface area (Å²) in [4.78, 5) is 0. The molecule has 1 unspecified atom stereocenters. The average molecular weight is 344 g/mol. The maximum Gasteiger partial charge on any atom is 0.148 e. The normalized spacial score (nSPS) is 11.7. The second-order valence-electron chi connectivity index (χ2n) is 4.72. The van der Waals surface area contributed by atoms with Gasteiger partial charge in [-0.15, -0.1) is 6.42 Å². The van der Waals surface area contributed by atoms with Crippen molar-refractivity contribution < 1.29 is 4.74 Å². The standard InChI is InChI=1S/C18H18BrNO/c1-3-12-21-18-11-7-4-8-15(18)13-20-14(2)16-9-5-6-10-17(16)19/h1,4-11,14,20H,12-13H2,2H3. The number of rotatable bonds is 6. The quantitative estimate of drug-likeness (QED) is 0.789. The van der Waals surface area contributed by atoms with Crippen LogP contribution in [0.5, 0.6) is 5.75 Å². The molecule has 0 aliphatic carbocycles. The molecule has 0 aliphatic rings. The summed E-state index contributed by atoms with van der Waals surface area (Å²) < 4.78 is 6.68. The molecule has 2 aromatic carbocycles. The van der Waals surface area contributed by atoms with E-state index in [2.05, 4.69) is 46.2 Å². The molecule has 0 aliphatic heterocycles. The molecule has 1 atom stereocenters. The summed E-state index contributed by atoms with van der Waals surface area (Å²) in [6.07, 6.45) is 5.25. The van der Waals surface area contributed by atoms with Gasteiger partial charge in [-0.25, -0.2) is 0 Å². The van der Waals surface area contributed by atoms with Gasteiger partial charge in [0.15, 0.2) is 0 Å². The molecule has 21 heavy (non-hydrogen) atoms. The molecule has 0 fully saturated rings. The highest BCUT2D eigenvalue weighted by Crippen LogP contribution is 2.24. The highest BCUT2D eigenvalue weighted by molar-refractivity contribution is 9.10. The van der Waals surface area contributed by atoms with E-state index in [0.29, 0.717) is 0 Å². The molecule has 3 heteroatoms. The van der Waals surface area contributed by atoms with Gasteiger partial charge in [0.1, 0.15) is 12.4 Å². The molecule has 0 saturated heterocycles. The zero-order valence-corrected chi connectivity index (χ0v) is 13.6. The zero-order chi connectivity index (χ0) is 15.1. The Kier molecular flexibility index (Phi) is 5.86. The van der Waals surface area contributed by atoms with Gasteiger partial charge in [0, 0.05) is 22.6 Å². The summed E-state index contributed by atoms with van der Waals surface area (Å²) in [5.74, 6) is 3.33. The number of nitrogens with one attached hydrogen (secondary N) is 1. The smallest absolute Gasteiger partial charge is 0.148 e. The molecule has 0 spiro atoms. The summed E-state index contributed by atoms with van der Waals surface area (Å²) in [5, 5.41) is 3.51. The van der Waals surface area contributed by atoms with E-state index < -0.39 is 0 Å². The Morgan fingerprint density at radius 3 is 2.67 bits per heavy atom. The van der Waals surface area contributed by atoms with Gasteiger partial charge in [0.05, 0.1) is 0 Å². The lowest BCUT2D eigenvalue weighted by Crippen LogP contribution is -2.19. The third-order valence-corrected chi connectivity index (χ3v) is 3.98. The van der Waals surface area contributed by atoms with Gasteiger partial charge < -0.3 is 10.1 Å². The Hall–Kier alpha value is -1.76. The van der Waals surface area contributed by atoms with Crippen LogP contribution in [0.2, 0.25) is 0 Å². The van der Waals surface area contributed by atoms with E-state index in [4.69, 9.17) is 11.2 Å². The zero-order valence-electron chi connectivity index (χ0n) is 12.0. The lowest BCUT2D eigenvalue weighted by molar-refractivity contribution is 0.364. The fraction of sp³-hybridized carbons (Fsp3) is 0.222. The van der Waals surface area contributed by atoms with Gasteiger partial charge in [-0.2, -0.15) is 0 Å². The van der Waals surface area contributed by atoms with Gasteiger partial charge in [-0.1, -0.05) is 58.2 Å². The van der Waals surface area contributed by atoms with E-state index in [-0.39, 0.29) is 12.6 Å². The molecule has 2 nitrogen and oxygen atoms in total. The molecule has 0 amide bonds. The number of para-hydroxylation sites is 1. The molecule has 0 bridgehead atoms. The van der Waals surface area contributed by atoms with Gasteiger partial charge in [0.25, 0.3) is 0 Å². The molecule has 0 aromatic heterocycles. The molecule has 0 heterocycles. The highest BCUT2D eigenvalue weighted by Gasteiger charge is 2.09. The van der Waals surface area contributed by atoms with Crippen LogP contribution in [0.15, 0.2) is 53.0 Å². The SMILES string of the molecule is C#CCOc1ccccc1CNC(C)c1ccccc1Br. The minimum Gasteiger partial charge on any atom is -0.481 e. The third kappa shape index (κ3) is 4.35. The second kappa shape index (κ2) is 7.87. The molecule has 1 N–H and O–H groups in total. The van der Waals surface area contributed by atoms with Crippen LogP contribution < -0.4 is 10.1 Å². The largest absolute Gasteiger partial charge is 0.481 e. The van der Waals surface area contributed by atoms with E-state index in [1.165, 1.54) is 5.56 Å². The molecule has 2 rings (SSSR count). The second-order valence-corrected chi connectivity index (χ2v) is 5.58. The summed E-state index contributed by atoms with van der Waals surface area (Å²) in [6.45, 7) is 3.16. The van der Waals surface area contributed by atoms with Crippen molar-refractivity contribution in [2.24, 2.45) is 0 Å². The topological polar surface area (TPSA) is 21.3 Å².